The normalized spacial score (nSPS) is 11.6. The van der Waals surface area contributed by atoms with Crippen molar-refractivity contribution >= 4 is 79.4 Å². The van der Waals surface area contributed by atoms with E-state index >= 15 is 0 Å². The molecule has 494 valence electrons. The lowest BCUT2D eigenvalue weighted by atomic mass is 10.1. The molecule has 0 fully saturated rings. The van der Waals surface area contributed by atoms with Crippen LogP contribution >= 0.6 is 0 Å². The second-order valence-corrected chi connectivity index (χ2v) is 34.6. The summed E-state index contributed by atoms with van der Waals surface area (Å²) in [6.45, 7) is 0. The van der Waals surface area contributed by atoms with Gasteiger partial charge >= 0.3 is 0 Å². The van der Waals surface area contributed by atoms with E-state index in [9.17, 15) is 0 Å². The van der Waals surface area contributed by atoms with Crippen molar-refractivity contribution in [2.75, 3.05) is 0 Å². The van der Waals surface area contributed by atoms with Gasteiger partial charge in [0, 0.05) is 21.9 Å². The standard InChI is InChI=1S/C99H70N4Si2/c1-8-26-71(27-9-1)77-44-56-85(57-45-77)104(86-58-46-78(47-59-86)72-28-10-2-11-29-72,87-60-48-79(49-61-87)73-30-12-3-13-31-73)91-68-84(98-100-97(83-38-20-7-21-39-83)101-99(102-98)103-95-42-24-22-40-93(95)94-41-23-25-43-96(94)103)69-92(70-91)105(88-62-50-80(51-63-88)74-32-14-4-15-33-74,89-64-52-81(53-65-89)75-34-16-5-17-35-75)90-66-54-82(55-67-90)76-36-18-6-19-37-76/h1-70H. The molecule has 0 amide bonds. The fraction of sp³-hybridized carbons (Fsp3) is 0. The first-order valence-corrected chi connectivity index (χ1v) is 40.0. The third kappa shape index (κ3) is 11.9. The molecule has 0 unspecified atom stereocenters. The van der Waals surface area contributed by atoms with Crippen LogP contribution in [0.2, 0.25) is 0 Å². The highest BCUT2D eigenvalue weighted by Crippen LogP contribution is 2.34. The molecule has 0 spiro atoms. The van der Waals surface area contributed by atoms with Crippen molar-refractivity contribution in [3.05, 3.63) is 425 Å². The molecule has 0 radical (unpaired) electrons. The van der Waals surface area contributed by atoms with Crippen molar-refractivity contribution in [2.24, 2.45) is 0 Å². The van der Waals surface area contributed by atoms with E-state index in [-0.39, 0.29) is 0 Å². The van der Waals surface area contributed by atoms with Gasteiger partial charge in [-0.3, -0.25) is 4.57 Å². The van der Waals surface area contributed by atoms with Gasteiger partial charge in [0.05, 0.1) is 11.0 Å². The average molecular weight is 1370 g/mol. The molecule has 4 nitrogen and oxygen atoms in total. The van der Waals surface area contributed by atoms with Crippen LogP contribution in [0, 0.1) is 0 Å². The molecule has 18 rings (SSSR count). The Labute approximate surface area is 614 Å². The molecule has 0 saturated carbocycles. The summed E-state index contributed by atoms with van der Waals surface area (Å²) in [6, 6.07) is 157. The van der Waals surface area contributed by atoms with Crippen molar-refractivity contribution in [3.8, 4) is 95.5 Å². The van der Waals surface area contributed by atoms with Gasteiger partial charge in [0.25, 0.3) is 0 Å². The van der Waals surface area contributed by atoms with E-state index < -0.39 is 16.1 Å². The lowest BCUT2D eigenvalue weighted by molar-refractivity contribution is 0.953. The zero-order valence-electron chi connectivity index (χ0n) is 57.7. The third-order valence-corrected chi connectivity index (χ3v) is 30.5. The first-order valence-electron chi connectivity index (χ1n) is 36.0. The number of aromatic nitrogens is 4. The van der Waals surface area contributed by atoms with Crippen LogP contribution in [-0.2, 0) is 0 Å². The maximum absolute atomic E-state index is 5.90. The summed E-state index contributed by atoms with van der Waals surface area (Å²) in [5.41, 5.74) is 17.6. The fourth-order valence-corrected chi connectivity index (χ4v) is 25.5. The lowest BCUT2D eigenvalue weighted by Gasteiger charge is -2.39. The minimum absolute atomic E-state index is 0.532. The molecule has 2 heterocycles. The molecule has 105 heavy (non-hydrogen) atoms. The minimum Gasteiger partial charge on any atom is -0.278 e. The Bertz CT molecular complexity index is 5320. The molecular weight excluding hydrogens is 1300 g/mol. The minimum atomic E-state index is -3.68. The van der Waals surface area contributed by atoms with E-state index in [1.54, 1.807) is 0 Å². The second-order valence-electron chi connectivity index (χ2n) is 27.0. The monoisotopic (exact) mass is 1370 g/mol. The predicted molar refractivity (Wildman–Crippen MR) is 445 cm³/mol. The van der Waals surface area contributed by atoms with Gasteiger partial charge in [-0.2, -0.15) is 9.97 Å². The molecule has 0 aliphatic carbocycles. The smallest absolute Gasteiger partial charge is 0.238 e. The van der Waals surface area contributed by atoms with E-state index in [1.807, 2.05) is 0 Å². The number of fused-ring (bicyclic) bond motifs is 3. The van der Waals surface area contributed by atoms with E-state index in [4.69, 9.17) is 15.0 Å². The van der Waals surface area contributed by atoms with Crippen LogP contribution in [0.1, 0.15) is 0 Å². The summed E-state index contributed by atoms with van der Waals surface area (Å²) in [7, 11) is -7.36. The molecule has 0 bridgehead atoms. The van der Waals surface area contributed by atoms with E-state index in [0.29, 0.717) is 17.6 Å². The SMILES string of the molecule is c1ccc(-c2ccc([Si](c3ccc(-c4ccccc4)cc3)(c3ccc(-c4ccccc4)cc3)c3cc(-c4nc(-c5ccccc5)nc(-n5c6ccccc6c6ccccc65)n4)cc([Si](c4ccc(-c5ccccc5)cc4)(c4ccc(-c5ccccc5)cc4)c4ccc(-c5ccccc5)cc4)c3)cc2)cc1. The van der Waals surface area contributed by atoms with Gasteiger partial charge < -0.3 is 0 Å². The Balaban J connectivity index is 1.01. The maximum Gasteiger partial charge on any atom is 0.238 e. The van der Waals surface area contributed by atoms with Crippen molar-refractivity contribution in [1.29, 1.82) is 0 Å². The largest absolute Gasteiger partial charge is 0.278 e. The van der Waals surface area contributed by atoms with Gasteiger partial charge in [0.2, 0.25) is 5.95 Å². The third-order valence-electron chi connectivity index (χ3n) is 21.0. The van der Waals surface area contributed by atoms with Crippen LogP contribution in [-0.4, -0.2) is 35.7 Å². The molecule has 6 heteroatoms. The highest BCUT2D eigenvalue weighted by Gasteiger charge is 2.47. The van der Waals surface area contributed by atoms with Crippen LogP contribution in [0.4, 0.5) is 0 Å². The van der Waals surface area contributed by atoms with Gasteiger partial charge in [-0.1, -0.05) is 413 Å². The summed E-state index contributed by atoms with van der Waals surface area (Å²) in [5, 5.41) is 12.0. The number of rotatable bonds is 17. The molecule has 0 N–H and O–H groups in total. The summed E-state index contributed by atoms with van der Waals surface area (Å²) < 4.78 is 2.24. The van der Waals surface area contributed by atoms with Gasteiger partial charge in [-0.15, -0.1) is 0 Å². The number of para-hydroxylation sites is 2. The van der Waals surface area contributed by atoms with E-state index in [0.717, 1.165) is 99.7 Å². The summed E-state index contributed by atoms with van der Waals surface area (Å²) in [5.74, 6) is 1.67. The number of hydrogen-bond acceptors (Lipinski definition) is 3. The van der Waals surface area contributed by atoms with Crippen LogP contribution in [0.3, 0.4) is 0 Å². The van der Waals surface area contributed by atoms with Crippen molar-refractivity contribution in [1.82, 2.24) is 19.5 Å². The van der Waals surface area contributed by atoms with Crippen LogP contribution < -0.4 is 41.5 Å². The fourth-order valence-electron chi connectivity index (χ4n) is 15.9. The average Bonchev–Trinajstić information content (AvgIpc) is 1.25. The van der Waals surface area contributed by atoms with Gasteiger partial charge in [-0.05, 0) is 120 Å². The molecule has 0 aliphatic rings. The molecule has 0 aliphatic heterocycles. The number of benzene rings is 16. The second kappa shape index (κ2) is 27.9. The number of nitrogens with zero attached hydrogens (tertiary/aromatic N) is 4. The van der Waals surface area contributed by atoms with Crippen molar-refractivity contribution in [2.45, 2.75) is 0 Å². The summed E-state index contributed by atoms with van der Waals surface area (Å²) in [6.07, 6.45) is 0. The van der Waals surface area contributed by atoms with Gasteiger partial charge in [0.1, 0.15) is 0 Å². The number of hydrogen-bond donors (Lipinski definition) is 0. The van der Waals surface area contributed by atoms with Gasteiger partial charge in [-0.25, -0.2) is 4.98 Å². The van der Waals surface area contributed by atoms with Crippen molar-refractivity contribution in [3.63, 3.8) is 0 Å². The summed E-state index contributed by atoms with van der Waals surface area (Å²) >= 11 is 0. The van der Waals surface area contributed by atoms with Crippen molar-refractivity contribution < 1.29 is 0 Å². The Kier molecular flexibility index (Phi) is 17.0. The zero-order chi connectivity index (χ0) is 69.9. The Morgan fingerprint density at radius 2 is 0.371 bits per heavy atom. The lowest BCUT2D eigenvalue weighted by Crippen LogP contribution is -2.78. The molecule has 0 atom stereocenters. The summed E-state index contributed by atoms with van der Waals surface area (Å²) in [4.78, 5) is 17.2. The Morgan fingerprint density at radius 3 is 0.629 bits per heavy atom. The Hall–Kier alpha value is -13.2. The molecule has 0 saturated heterocycles. The van der Waals surface area contributed by atoms with E-state index in [1.165, 1.54) is 41.5 Å². The van der Waals surface area contributed by atoms with Crippen LogP contribution in [0.5, 0.6) is 0 Å². The first-order chi connectivity index (χ1) is 52.0. The molecular formula is C99H70N4Si2. The maximum atomic E-state index is 5.90. The zero-order valence-corrected chi connectivity index (χ0v) is 59.7. The quantitative estimate of drug-likeness (QED) is 0.0674. The van der Waals surface area contributed by atoms with Crippen LogP contribution in [0.25, 0.3) is 117 Å². The predicted octanol–water partition coefficient (Wildman–Crippen LogP) is 19.1. The molecule has 16 aromatic carbocycles. The highest BCUT2D eigenvalue weighted by atomic mass is 28.3. The van der Waals surface area contributed by atoms with E-state index in [2.05, 4.69) is 429 Å². The van der Waals surface area contributed by atoms with Crippen LogP contribution in [0.15, 0.2) is 425 Å². The van der Waals surface area contributed by atoms with Gasteiger partial charge in [0.15, 0.2) is 27.8 Å². The molecule has 2 aromatic heterocycles. The highest BCUT2D eigenvalue weighted by molar-refractivity contribution is 7.22. The Morgan fingerprint density at radius 1 is 0.162 bits per heavy atom. The topological polar surface area (TPSA) is 43.6 Å². The molecule has 18 aromatic rings. The first kappa shape index (κ1) is 63.9.